The summed E-state index contributed by atoms with van der Waals surface area (Å²) in [4.78, 5) is 6.89. The van der Waals surface area contributed by atoms with E-state index in [4.69, 9.17) is 9.15 Å². The molecule has 6 heteroatoms. The van der Waals surface area contributed by atoms with E-state index < -0.39 is 0 Å². The molecule has 3 heterocycles. The van der Waals surface area contributed by atoms with Gasteiger partial charge in [0.1, 0.15) is 5.75 Å². The molecule has 0 unspecified atom stereocenters. The first-order chi connectivity index (χ1) is 14.6. The number of halogens is 1. The predicted octanol–water partition coefficient (Wildman–Crippen LogP) is 5.31. The highest BCUT2D eigenvalue weighted by Gasteiger charge is 2.23. The molecule has 5 nitrogen and oxygen atoms in total. The zero-order valence-electron chi connectivity index (χ0n) is 17.6. The maximum absolute atomic E-state index is 6.01. The number of anilines is 1. The van der Waals surface area contributed by atoms with E-state index in [9.17, 15) is 0 Å². The average Bonchev–Trinajstić information content (AvgIpc) is 3.20. The summed E-state index contributed by atoms with van der Waals surface area (Å²) in [6, 6.07) is 20.4. The van der Waals surface area contributed by atoms with Crippen LogP contribution in [0.2, 0.25) is 0 Å². The second-order valence-corrected chi connectivity index (χ2v) is 7.30. The minimum absolute atomic E-state index is 0. The minimum atomic E-state index is 0. The van der Waals surface area contributed by atoms with Gasteiger partial charge in [-0.25, -0.2) is 4.57 Å². The molecule has 2 aromatic heterocycles. The van der Waals surface area contributed by atoms with Gasteiger partial charge in [-0.15, -0.1) is 24.0 Å². The van der Waals surface area contributed by atoms with Crippen molar-refractivity contribution in [3.63, 3.8) is 0 Å². The van der Waals surface area contributed by atoms with E-state index in [1.54, 1.807) is 7.11 Å². The van der Waals surface area contributed by atoms with E-state index >= 15 is 0 Å². The highest BCUT2D eigenvalue weighted by molar-refractivity contribution is 14.0. The van der Waals surface area contributed by atoms with E-state index in [0.717, 1.165) is 45.1 Å². The number of nitrogens with zero attached hydrogens (tertiary/aromatic N) is 3. The highest BCUT2D eigenvalue weighted by atomic mass is 127. The van der Waals surface area contributed by atoms with E-state index in [1.165, 1.54) is 0 Å². The summed E-state index contributed by atoms with van der Waals surface area (Å²) in [6.07, 6.45) is 6.13. The first-order valence-corrected chi connectivity index (χ1v) is 9.80. The third-order valence-electron chi connectivity index (χ3n) is 5.42. The van der Waals surface area contributed by atoms with Crippen LogP contribution in [0, 0.1) is 0 Å². The topological polar surface area (TPSA) is 42.4 Å². The number of fused-ring (bicyclic) bond motifs is 2. The molecule has 0 fully saturated rings. The Bertz CT molecular complexity index is 1310. The Hall–Kier alpha value is -3.13. The molecule has 1 aliphatic rings. The van der Waals surface area contributed by atoms with Gasteiger partial charge in [-0.3, -0.25) is 0 Å². The lowest BCUT2D eigenvalue weighted by Crippen LogP contribution is -2.28. The molecule has 0 N–H and O–H groups in total. The average molecular weight is 524 g/mol. The van der Waals surface area contributed by atoms with Gasteiger partial charge in [-0.1, -0.05) is 30.3 Å². The summed E-state index contributed by atoms with van der Waals surface area (Å²) >= 11 is 0. The maximum Gasteiger partial charge on any atom is 0.370 e. The summed E-state index contributed by atoms with van der Waals surface area (Å²) in [7, 11) is 5.73. The van der Waals surface area contributed by atoms with Gasteiger partial charge in [0.25, 0.3) is 0 Å². The predicted molar refractivity (Wildman–Crippen MR) is 134 cm³/mol. The number of methoxy groups -OCH3 is 1. The molecule has 0 aliphatic carbocycles. The standard InChI is InChI=1S/C25H22N3O2.HI/c1-27-13-7-10-23-25(27)26-24(30-23)15-18-14-22(17-8-5-4-6-9-17)28(2)21-12-11-19(29-3)16-20(18)21;/h4-16H,1-3H3;1H/q+1;. The maximum atomic E-state index is 6.01. The van der Waals surface area contributed by atoms with Crippen LogP contribution < -0.4 is 14.2 Å². The van der Waals surface area contributed by atoms with Crippen LogP contribution >= 0.6 is 24.0 Å². The second-order valence-electron chi connectivity index (χ2n) is 7.30. The van der Waals surface area contributed by atoms with Crippen LogP contribution in [0.5, 0.6) is 5.75 Å². The van der Waals surface area contributed by atoms with Crippen molar-refractivity contribution in [2.45, 2.75) is 0 Å². The Morgan fingerprint density at radius 3 is 2.61 bits per heavy atom. The molecule has 0 saturated heterocycles. The molecule has 31 heavy (non-hydrogen) atoms. The number of oxazole rings is 1. The second kappa shape index (κ2) is 8.55. The van der Waals surface area contributed by atoms with Crippen molar-refractivity contribution in [1.29, 1.82) is 0 Å². The molecule has 0 bridgehead atoms. The van der Waals surface area contributed by atoms with Crippen molar-refractivity contribution >= 4 is 58.2 Å². The quantitative estimate of drug-likeness (QED) is 0.269. The van der Waals surface area contributed by atoms with Gasteiger partial charge < -0.3 is 14.1 Å². The fourth-order valence-electron chi connectivity index (χ4n) is 3.85. The summed E-state index contributed by atoms with van der Waals surface area (Å²) in [5.74, 6) is 1.39. The van der Waals surface area contributed by atoms with Crippen LogP contribution in [-0.2, 0) is 7.05 Å². The summed E-state index contributed by atoms with van der Waals surface area (Å²) in [6.45, 7) is 0. The van der Waals surface area contributed by atoms with Gasteiger partial charge >= 0.3 is 11.5 Å². The van der Waals surface area contributed by atoms with Crippen molar-refractivity contribution in [3.8, 4) is 5.75 Å². The fourth-order valence-corrected chi connectivity index (χ4v) is 3.85. The van der Waals surface area contributed by atoms with E-state index in [2.05, 4.69) is 59.4 Å². The van der Waals surface area contributed by atoms with Gasteiger partial charge in [0.15, 0.2) is 0 Å². The first kappa shape index (κ1) is 21.1. The third kappa shape index (κ3) is 3.83. The molecular formula is C25H23IN3O2+. The number of rotatable bonds is 3. The van der Waals surface area contributed by atoms with Gasteiger partial charge in [-0.05, 0) is 47.5 Å². The van der Waals surface area contributed by atoms with Crippen LogP contribution in [0.3, 0.4) is 0 Å². The summed E-state index contributed by atoms with van der Waals surface area (Å²) in [5, 5.41) is 0. The Morgan fingerprint density at radius 2 is 1.87 bits per heavy atom. The van der Waals surface area contributed by atoms with Crippen molar-refractivity contribution in [3.05, 3.63) is 90.0 Å². The zero-order chi connectivity index (χ0) is 20.7. The van der Waals surface area contributed by atoms with Gasteiger partial charge in [-0.2, -0.15) is 0 Å². The smallest absolute Gasteiger partial charge is 0.370 e. The molecule has 0 saturated carbocycles. The molecule has 0 amide bonds. The van der Waals surface area contributed by atoms with Gasteiger partial charge in [0.05, 0.1) is 20.4 Å². The van der Waals surface area contributed by atoms with Crippen molar-refractivity contribution in [1.82, 2.24) is 4.98 Å². The summed E-state index contributed by atoms with van der Waals surface area (Å²) in [5.41, 5.74) is 7.04. The lowest BCUT2D eigenvalue weighted by atomic mass is 9.94. The third-order valence-corrected chi connectivity index (χ3v) is 5.42. The Kier molecular flexibility index (Phi) is 5.82. The SMILES string of the molecule is COc1ccc2c(c1)/C(=C/c1nc3c(ccc[n+]3C)o1)C=C(c1ccccc1)N2C.I. The van der Waals surface area contributed by atoms with Crippen molar-refractivity contribution < 1.29 is 13.7 Å². The Labute approximate surface area is 198 Å². The van der Waals surface area contributed by atoms with Crippen LogP contribution in [0.1, 0.15) is 17.0 Å². The van der Waals surface area contributed by atoms with Gasteiger partial charge in [0, 0.05) is 35.1 Å². The van der Waals surface area contributed by atoms with Crippen LogP contribution in [-0.4, -0.2) is 19.1 Å². The highest BCUT2D eigenvalue weighted by Crippen LogP contribution is 2.41. The molecule has 4 aromatic rings. The normalized spacial score (nSPS) is 14.2. The van der Waals surface area contributed by atoms with Crippen molar-refractivity contribution in [2.75, 3.05) is 19.1 Å². The molecule has 0 spiro atoms. The molecular weight excluding hydrogens is 501 g/mol. The molecule has 5 rings (SSSR count). The number of hydrogen-bond donors (Lipinski definition) is 0. The lowest BCUT2D eigenvalue weighted by molar-refractivity contribution is -0.646. The molecule has 0 radical (unpaired) electrons. The number of aromatic nitrogens is 2. The number of pyridine rings is 1. The summed E-state index contributed by atoms with van der Waals surface area (Å²) < 4.78 is 13.4. The number of aryl methyl sites for hydroxylation is 1. The Balaban J connectivity index is 0.00000231. The van der Waals surface area contributed by atoms with Crippen LogP contribution in [0.4, 0.5) is 5.69 Å². The lowest BCUT2D eigenvalue weighted by Gasteiger charge is -2.30. The molecule has 2 aromatic carbocycles. The minimum Gasteiger partial charge on any atom is -0.497 e. The molecule has 156 valence electrons. The molecule has 0 atom stereocenters. The van der Waals surface area contributed by atoms with Crippen LogP contribution in [0.25, 0.3) is 28.6 Å². The first-order valence-electron chi connectivity index (χ1n) is 9.80. The number of benzene rings is 2. The van der Waals surface area contributed by atoms with E-state index in [1.807, 2.05) is 48.2 Å². The zero-order valence-corrected chi connectivity index (χ0v) is 19.9. The number of hydrogen-bond acceptors (Lipinski definition) is 4. The monoisotopic (exact) mass is 524 g/mol. The largest absolute Gasteiger partial charge is 0.497 e. The van der Waals surface area contributed by atoms with Crippen molar-refractivity contribution in [2.24, 2.45) is 7.05 Å². The van der Waals surface area contributed by atoms with Gasteiger partial charge in [0.2, 0.25) is 5.58 Å². The van der Waals surface area contributed by atoms with Crippen LogP contribution in [0.15, 0.2) is 77.4 Å². The number of ether oxygens (including phenoxy) is 1. The fraction of sp³-hybridized carbons (Fsp3) is 0.120. The molecule has 1 aliphatic heterocycles. The Morgan fingerprint density at radius 1 is 1.06 bits per heavy atom. The number of allylic oxidation sites excluding steroid dienone is 2. The van der Waals surface area contributed by atoms with E-state index in [0.29, 0.717) is 5.89 Å². The van der Waals surface area contributed by atoms with E-state index in [-0.39, 0.29) is 24.0 Å².